The van der Waals surface area contributed by atoms with Crippen LogP contribution in [0.25, 0.3) is 0 Å². The molecule has 1 N–H and O–H groups in total. The van der Waals surface area contributed by atoms with Gasteiger partial charge in [0.05, 0.1) is 11.6 Å². The zero-order valence-corrected chi connectivity index (χ0v) is 15.3. The average Bonchev–Trinajstić information content (AvgIpc) is 3.14. The Labute approximate surface area is 161 Å². The van der Waals surface area contributed by atoms with Crippen molar-refractivity contribution >= 4 is 5.91 Å². The van der Waals surface area contributed by atoms with E-state index in [1.807, 2.05) is 4.90 Å². The number of likely N-dealkylation sites (tertiary alicyclic amines) is 1. The second kappa shape index (κ2) is 6.51. The zero-order chi connectivity index (χ0) is 19.4. The van der Waals surface area contributed by atoms with Crippen LogP contribution in [0.5, 0.6) is 0 Å². The molecule has 6 rings (SSSR count). The molecule has 1 aromatic heterocycles. The number of halogens is 2. The minimum atomic E-state index is -0.851. The highest BCUT2D eigenvalue weighted by molar-refractivity contribution is 5.94. The molecule has 7 heteroatoms. The molecule has 5 nitrogen and oxygen atoms in total. The first-order valence-electron chi connectivity index (χ1n) is 9.72. The lowest BCUT2D eigenvalue weighted by molar-refractivity contribution is -0.00360. The fraction of sp³-hybridized carbons (Fsp3) is 0.429. The molecule has 4 aliphatic heterocycles. The average molecular weight is 385 g/mol. The van der Waals surface area contributed by atoms with Crippen LogP contribution in [0.1, 0.15) is 34.7 Å². The van der Waals surface area contributed by atoms with Crippen LogP contribution in [-0.4, -0.2) is 52.4 Å². The highest BCUT2D eigenvalue weighted by Crippen LogP contribution is 2.47. The van der Waals surface area contributed by atoms with E-state index in [-0.39, 0.29) is 29.5 Å². The first-order chi connectivity index (χ1) is 13.5. The van der Waals surface area contributed by atoms with Crippen molar-refractivity contribution in [1.29, 1.82) is 0 Å². The van der Waals surface area contributed by atoms with Gasteiger partial charge in [0.25, 0.3) is 5.91 Å². The summed E-state index contributed by atoms with van der Waals surface area (Å²) in [5, 5.41) is 0. The van der Waals surface area contributed by atoms with Gasteiger partial charge in [-0.05, 0) is 49.5 Å². The zero-order valence-electron chi connectivity index (χ0n) is 15.3. The summed E-state index contributed by atoms with van der Waals surface area (Å²) >= 11 is 0. The predicted molar refractivity (Wildman–Crippen MR) is 99.1 cm³/mol. The molecule has 2 aromatic rings. The number of aromatic nitrogens is 1. The third-order valence-electron chi connectivity index (χ3n) is 6.67. The van der Waals surface area contributed by atoms with Crippen LogP contribution in [-0.2, 0) is 0 Å². The van der Waals surface area contributed by atoms with E-state index >= 15 is 0 Å². The summed E-state index contributed by atoms with van der Waals surface area (Å²) in [7, 11) is 0. The van der Waals surface area contributed by atoms with E-state index in [0.29, 0.717) is 23.6 Å². The topological polar surface area (TPSA) is 56.4 Å². The van der Waals surface area contributed by atoms with Gasteiger partial charge in [-0.3, -0.25) is 14.5 Å². The number of benzene rings is 1. The Bertz CT molecular complexity index is 963. The molecule has 0 unspecified atom stereocenters. The van der Waals surface area contributed by atoms with Crippen molar-refractivity contribution in [2.45, 2.75) is 30.8 Å². The van der Waals surface area contributed by atoms with E-state index in [1.54, 1.807) is 6.07 Å². The molecule has 3 atom stereocenters. The van der Waals surface area contributed by atoms with E-state index in [2.05, 4.69) is 9.88 Å². The molecule has 0 aliphatic carbocycles. The lowest BCUT2D eigenvalue weighted by Crippen LogP contribution is -2.60. The van der Waals surface area contributed by atoms with E-state index in [0.717, 1.165) is 32.0 Å². The van der Waals surface area contributed by atoms with Crippen molar-refractivity contribution in [2.24, 2.45) is 5.92 Å². The molecular weight excluding hydrogens is 364 g/mol. The largest absolute Gasteiger partial charge is 0.333 e. The molecule has 4 aliphatic rings. The fourth-order valence-corrected chi connectivity index (χ4v) is 5.44. The molecular formula is C21H21F2N3O2. The summed E-state index contributed by atoms with van der Waals surface area (Å²) < 4.78 is 28.5. The number of fused-ring (bicyclic) bond motifs is 2. The van der Waals surface area contributed by atoms with Crippen molar-refractivity contribution in [3.8, 4) is 0 Å². The maximum absolute atomic E-state index is 14.6. The standard InChI is InChI=1S/C21H21F2N3O2/c22-16-3-1-2-14(18(16)23)15-11-26(21(28)13-4-5-17(27)24-10-13)19-12-6-8-25(9-7-12)20(15)19/h1-5,10,12,15,19-20H,6-9,11H2,(H,24,27)/t15-,19+,20+/m0/s1. The minimum absolute atomic E-state index is 0.00416. The van der Waals surface area contributed by atoms with Crippen molar-refractivity contribution < 1.29 is 13.6 Å². The van der Waals surface area contributed by atoms with Gasteiger partial charge in [0.2, 0.25) is 5.56 Å². The maximum atomic E-state index is 14.6. The summed E-state index contributed by atoms with van der Waals surface area (Å²) in [6, 6.07) is 7.13. The van der Waals surface area contributed by atoms with Crippen molar-refractivity contribution in [3.63, 3.8) is 0 Å². The maximum Gasteiger partial charge on any atom is 0.255 e. The number of pyridine rings is 1. The molecule has 4 saturated heterocycles. The van der Waals surface area contributed by atoms with E-state index < -0.39 is 11.6 Å². The SMILES string of the molecule is O=C(c1ccc(=O)[nH]c1)N1C[C@@H](c2cccc(F)c2F)[C@@H]2[C@H]1C1CCN2CC1. The van der Waals surface area contributed by atoms with Crippen LogP contribution < -0.4 is 5.56 Å². The Morgan fingerprint density at radius 3 is 2.57 bits per heavy atom. The second-order valence-corrected chi connectivity index (χ2v) is 8.00. The Morgan fingerprint density at radius 1 is 1.07 bits per heavy atom. The van der Waals surface area contributed by atoms with Gasteiger partial charge in [-0.2, -0.15) is 0 Å². The van der Waals surface area contributed by atoms with Gasteiger partial charge in [-0.25, -0.2) is 8.78 Å². The highest BCUT2D eigenvalue weighted by atomic mass is 19.2. The Hall–Kier alpha value is -2.54. The van der Waals surface area contributed by atoms with Crippen LogP contribution in [0.2, 0.25) is 0 Å². The summed E-state index contributed by atoms with van der Waals surface area (Å²) in [4.78, 5) is 31.3. The van der Waals surface area contributed by atoms with Crippen LogP contribution in [0, 0.1) is 17.6 Å². The number of amides is 1. The quantitative estimate of drug-likeness (QED) is 0.864. The van der Waals surface area contributed by atoms with E-state index in [1.165, 1.54) is 24.4 Å². The lowest BCUT2D eigenvalue weighted by atomic mass is 9.75. The molecule has 2 bridgehead atoms. The highest BCUT2D eigenvalue weighted by Gasteiger charge is 2.55. The van der Waals surface area contributed by atoms with Gasteiger partial charge >= 0.3 is 0 Å². The molecule has 0 radical (unpaired) electrons. The molecule has 0 spiro atoms. The van der Waals surface area contributed by atoms with Gasteiger partial charge in [-0.1, -0.05) is 12.1 Å². The molecule has 28 heavy (non-hydrogen) atoms. The third kappa shape index (κ3) is 2.60. The minimum Gasteiger partial charge on any atom is -0.333 e. The van der Waals surface area contributed by atoms with Gasteiger partial charge in [0.15, 0.2) is 11.6 Å². The van der Waals surface area contributed by atoms with Gasteiger partial charge in [0.1, 0.15) is 0 Å². The first-order valence-corrected chi connectivity index (χ1v) is 9.72. The molecule has 4 fully saturated rings. The molecule has 146 valence electrons. The number of rotatable bonds is 2. The Balaban J connectivity index is 1.55. The normalized spacial score (nSPS) is 31.1. The van der Waals surface area contributed by atoms with Gasteiger partial charge < -0.3 is 9.88 Å². The number of nitrogens with one attached hydrogen (secondary N) is 1. The summed E-state index contributed by atoms with van der Waals surface area (Å²) in [6.07, 6.45) is 3.45. The molecule has 5 heterocycles. The number of hydrogen-bond acceptors (Lipinski definition) is 3. The van der Waals surface area contributed by atoms with Gasteiger partial charge in [0, 0.05) is 30.8 Å². The number of carbonyl (C=O) groups excluding carboxylic acids is 1. The predicted octanol–water partition coefficient (Wildman–Crippen LogP) is 2.36. The third-order valence-corrected chi connectivity index (χ3v) is 6.67. The smallest absolute Gasteiger partial charge is 0.255 e. The Kier molecular flexibility index (Phi) is 4.08. The van der Waals surface area contributed by atoms with Crippen LogP contribution >= 0.6 is 0 Å². The summed E-state index contributed by atoms with van der Waals surface area (Å²) in [5.41, 5.74) is 0.493. The van der Waals surface area contributed by atoms with Crippen molar-refractivity contribution in [3.05, 3.63) is 69.6 Å². The number of H-pyrrole nitrogens is 1. The van der Waals surface area contributed by atoms with Gasteiger partial charge in [-0.15, -0.1) is 0 Å². The fourth-order valence-electron chi connectivity index (χ4n) is 5.44. The Morgan fingerprint density at radius 2 is 1.86 bits per heavy atom. The molecule has 0 saturated carbocycles. The number of nitrogens with zero attached hydrogens (tertiary/aromatic N) is 2. The van der Waals surface area contributed by atoms with Crippen LogP contribution in [0.3, 0.4) is 0 Å². The lowest BCUT2D eigenvalue weighted by Gasteiger charge is -2.51. The monoisotopic (exact) mass is 385 g/mol. The summed E-state index contributed by atoms with van der Waals surface area (Å²) in [6.45, 7) is 2.21. The number of hydrogen-bond donors (Lipinski definition) is 1. The number of piperidine rings is 3. The summed E-state index contributed by atoms with van der Waals surface area (Å²) in [5.74, 6) is -1.74. The van der Waals surface area contributed by atoms with E-state index in [9.17, 15) is 18.4 Å². The molecule has 1 aromatic carbocycles. The second-order valence-electron chi connectivity index (χ2n) is 8.00. The number of aromatic amines is 1. The van der Waals surface area contributed by atoms with Crippen LogP contribution in [0.15, 0.2) is 41.3 Å². The van der Waals surface area contributed by atoms with E-state index in [4.69, 9.17) is 0 Å². The molecule has 1 amide bonds. The van der Waals surface area contributed by atoms with Crippen LogP contribution in [0.4, 0.5) is 8.78 Å². The van der Waals surface area contributed by atoms with Crippen molar-refractivity contribution in [2.75, 3.05) is 19.6 Å². The van der Waals surface area contributed by atoms with Crippen molar-refractivity contribution in [1.82, 2.24) is 14.8 Å². The number of carbonyl (C=O) groups is 1. The first kappa shape index (κ1) is 17.6.